The summed E-state index contributed by atoms with van der Waals surface area (Å²) in [4.78, 5) is 12.1. The van der Waals surface area contributed by atoms with Crippen LogP contribution in [0.2, 0.25) is 0 Å². The van der Waals surface area contributed by atoms with Gasteiger partial charge in [-0.05, 0) is 36.4 Å². The van der Waals surface area contributed by atoms with Gasteiger partial charge in [0, 0.05) is 41.3 Å². The maximum Gasteiger partial charge on any atom is 0.326 e. The number of pyridine rings is 1. The highest BCUT2D eigenvalue weighted by atomic mass is 32.1. The van der Waals surface area contributed by atoms with Crippen molar-refractivity contribution in [2.45, 2.75) is 11.5 Å². The van der Waals surface area contributed by atoms with Gasteiger partial charge in [-0.3, -0.25) is 4.98 Å². The van der Waals surface area contributed by atoms with E-state index in [2.05, 4.69) is 26.8 Å². The number of hydrogen-bond acceptors (Lipinski definition) is 6. The van der Waals surface area contributed by atoms with Gasteiger partial charge in [0.1, 0.15) is 34.6 Å². The summed E-state index contributed by atoms with van der Waals surface area (Å²) in [6.45, 7) is 0. The number of rotatable bonds is 4. The number of alkyl halides is 2. The van der Waals surface area contributed by atoms with Crippen LogP contribution in [0.15, 0.2) is 67.4 Å². The van der Waals surface area contributed by atoms with Crippen LogP contribution in [0.3, 0.4) is 0 Å². The van der Waals surface area contributed by atoms with Crippen molar-refractivity contribution in [3.8, 4) is 17.9 Å². The van der Waals surface area contributed by atoms with Crippen molar-refractivity contribution >= 4 is 11.3 Å². The summed E-state index contributed by atoms with van der Waals surface area (Å²) in [5.74, 6) is -0.991. The lowest BCUT2D eigenvalue weighted by atomic mass is 9.80. The summed E-state index contributed by atoms with van der Waals surface area (Å²) in [5.41, 5.74) is -5.26. The molecule has 0 aliphatic heterocycles. The van der Waals surface area contributed by atoms with E-state index < -0.39 is 40.0 Å². The zero-order valence-electron chi connectivity index (χ0n) is 17.0. The summed E-state index contributed by atoms with van der Waals surface area (Å²) in [6.07, 6.45) is 3.97. The quantitative estimate of drug-likeness (QED) is 0.343. The second kappa shape index (κ2) is 9.02. The summed E-state index contributed by atoms with van der Waals surface area (Å²) >= 11 is 1.18. The molecule has 4 rings (SSSR count). The van der Waals surface area contributed by atoms with Crippen molar-refractivity contribution in [3.05, 3.63) is 111 Å². The van der Waals surface area contributed by atoms with E-state index in [0.717, 1.165) is 43.1 Å². The van der Waals surface area contributed by atoms with Crippen LogP contribution >= 0.6 is 11.3 Å². The third kappa shape index (κ3) is 4.13. The van der Waals surface area contributed by atoms with Crippen LogP contribution < -0.4 is 0 Å². The summed E-state index contributed by atoms with van der Waals surface area (Å²) in [5, 5.41) is 20.1. The Kier molecular flexibility index (Phi) is 6.12. The Morgan fingerprint density at radius 1 is 0.912 bits per heavy atom. The Morgan fingerprint density at radius 2 is 1.65 bits per heavy atom. The smallest absolute Gasteiger partial charge is 0.326 e. The van der Waals surface area contributed by atoms with E-state index in [0.29, 0.717) is 21.4 Å². The molecule has 1 N–H and O–H groups in total. The number of aliphatic hydroxyl groups is 1. The average Bonchev–Trinajstić information content (AvgIpc) is 3.31. The van der Waals surface area contributed by atoms with Gasteiger partial charge in [0.15, 0.2) is 5.60 Å². The van der Waals surface area contributed by atoms with Crippen LogP contribution in [0.1, 0.15) is 32.1 Å². The van der Waals surface area contributed by atoms with Gasteiger partial charge < -0.3 is 5.11 Å². The first-order valence-electron chi connectivity index (χ1n) is 9.55. The highest BCUT2D eigenvalue weighted by Crippen LogP contribution is 2.49. The molecule has 10 heteroatoms. The Balaban J connectivity index is 1.76. The molecule has 4 aromatic rings. The third-order valence-electron chi connectivity index (χ3n) is 4.89. The minimum absolute atomic E-state index is 0.297. The first-order chi connectivity index (χ1) is 16.3. The first-order valence-corrected chi connectivity index (χ1v) is 10.4. The lowest BCUT2D eigenvalue weighted by molar-refractivity contribution is -0.175. The minimum Gasteiger partial charge on any atom is -0.374 e. The van der Waals surface area contributed by atoms with Crippen LogP contribution in [0, 0.1) is 34.8 Å². The predicted octanol–water partition coefficient (Wildman–Crippen LogP) is 4.51. The van der Waals surface area contributed by atoms with Gasteiger partial charge in [-0.15, -0.1) is 11.3 Å². The molecular weight excluding hydrogens is 468 g/mol. The SMILES string of the molecule is N#Cc1ccc(C#Cc2ccc(C(F)(F)C(O)(c3cncnc3)c3ccc(F)cc3F)nc2)s1. The van der Waals surface area contributed by atoms with Gasteiger partial charge in [-0.1, -0.05) is 11.8 Å². The molecule has 1 atom stereocenters. The van der Waals surface area contributed by atoms with Crippen LogP contribution in [0.5, 0.6) is 0 Å². The summed E-state index contributed by atoms with van der Waals surface area (Å²) in [7, 11) is 0. The van der Waals surface area contributed by atoms with E-state index in [1.165, 1.54) is 17.4 Å². The third-order valence-corrected chi connectivity index (χ3v) is 5.79. The monoisotopic (exact) mass is 480 g/mol. The fourth-order valence-electron chi connectivity index (χ4n) is 3.21. The molecule has 0 bridgehead atoms. The number of hydrogen-bond donors (Lipinski definition) is 1. The van der Waals surface area contributed by atoms with E-state index in [1.807, 2.05) is 6.07 Å². The maximum absolute atomic E-state index is 15.8. The molecule has 1 unspecified atom stereocenters. The Bertz CT molecular complexity index is 1440. The molecule has 0 aliphatic rings. The van der Waals surface area contributed by atoms with Crippen molar-refractivity contribution in [1.29, 1.82) is 5.26 Å². The van der Waals surface area contributed by atoms with Gasteiger partial charge in [-0.2, -0.15) is 14.0 Å². The zero-order chi connectivity index (χ0) is 24.3. The van der Waals surface area contributed by atoms with E-state index in [1.54, 1.807) is 12.1 Å². The van der Waals surface area contributed by atoms with E-state index in [-0.39, 0.29) is 0 Å². The first kappa shape index (κ1) is 23.1. The van der Waals surface area contributed by atoms with Crippen molar-refractivity contribution in [3.63, 3.8) is 0 Å². The molecular formula is C24H12F4N4OS. The highest BCUT2D eigenvalue weighted by molar-refractivity contribution is 7.13. The molecule has 3 heterocycles. The topological polar surface area (TPSA) is 82.7 Å². The molecule has 0 radical (unpaired) electrons. The van der Waals surface area contributed by atoms with E-state index >= 15 is 8.78 Å². The number of aromatic nitrogens is 3. The summed E-state index contributed by atoms with van der Waals surface area (Å²) < 4.78 is 59.6. The molecule has 0 fully saturated rings. The number of benzene rings is 1. The van der Waals surface area contributed by atoms with Crippen molar-refractivity contribution in [2.24, 2.45) is 0 Å². The molecule has 0 saturated heterocycles. The fraction of sp³-hybridized carbons (Fsp3) is 0.0833. The van der Waals surface area contributed by atoms with Gasteiger partial charge >= 0.3 is 5.92 Å². The van der Waals surface area contributed by atoms with Gasteiger partial charge in [0.25, 0.3) is 0 Å². The fourth-order valence-corrected chi connectivity index (χ4v) is 3.87. The van der Waals surface area contributed by atoms with Crippen LogP contribution in [0.25, 0.3) is 0 Å². The van der Waals surface area contributed by atoms with Gasteiger partial charge in [-0.25, -0.2) is 18.7 Å². The highest BCUT2D eigenvalue weighted by Gasteiger charge is 2.58. The molecule has 0 spiro atoms. The second-order valence-electron chi connectivity index (χ2n) is 6.99. The molecule has 0 saturated carbocycles. The second-order valence-corrected chi connectivity index (χ2v) is 8.08. The molecule has 3 aromatic heterocycles. The van der Waals surface area contributed by atoms with Crippen molar-refractivity contribution in [2.75, 3.05) is 0 Å². The molecule has 0 amide bonds. The number of nitriles is 1. The number of thiophene rings is 1. The number of halogens is 4. The lowest BCUT2D eigenvalue weighted by Gasteiger charge is -2.36. The largest absolute Gasteiger partial charge is 0.374 e. The zero-order valence-corrected chi connectivity index (χ0v) is 17.8. The van der Waals surface area contributed by atoms with Crippen LogP contribution in [-0.2, 0) is 11.5 Å². The Labute approximate surface area is 195 Å². The Hall–Kier alpha value is -4.12. The van der Waals surface area contributed by atoms with Crippen LogP contribution in [-0.4, -0.2) is 20.1 Å². The maximum atomic E-state index is 15.8. The van der Waals surface area contributed by atoms with Crippen LogP contribution in [0.4, 0.5) is 17.6 Å². The normalized spacial score (nSPS) is 12.8. The molecule has 5 nitrogen and oxygen atoms in total. The Morgan fingerprint density at radius 3 is 2.26 bits per heavy atom. The predicted molar refractivity (Wildman–Crippen MR) is 115 cm³/mol. The molecule has 168 valence electrons. The lowest BCUT2D eigenvalue weighted by Crippen LogP contribution is -2.45. The molecule has 34 heavy (non-hydrogen) atoms. The van der Waals surface area contributed by atoms with E-state index in [9.17, 15) is 13.9 Å². The van der Waals surface area contributed by atoms with Crippen molar-refractivity contribution < 1.29 is 22.7 Å². The standard InChI is InChI=1S/C24H12F4N4OS/c25-17-3-7-20(21(26)9-17)23(33,16-12-30-14-31-13-16)24(27,28)22-8-2-15(11-32-22)1-4-18-5-6-19(10-29)34-18/h2-3,5-9,11-14,33H. The van der Waals surface area contributed by atoms with Gasteiger partial charge in [0.05, 0.1) is 4.88 Å². The summed E-state index contributed by atoms with van der Waals surface area (Å²) in [6, 6.07) is 9.38. The molecule has 1 aromatic carbocycles. The number of nitrogens with zero attached hydrogens (tertiary/aromatic N) is 4. The molecule has 0 aliphatic carbocycles. The van der Waals surface area contributed by atoms with E-state index in [4.69, 9.17) is 5.26 Å². The van der Waals surface area contributed by atoms with Crippen molar-refractivity contribution in [1.82, 2.24) is 15.0 Å². The minimum atomic E-state index is -4.18. The van der Waals surface area contributed by atoms with Gasteiger partial charge in [0.2, 0.25) is 0 Å². The average molecular weight is 480 g/mol.